The van der Waals surface area contributed by atoms with Gasteiger partial charge in [-0.15, -0.1) is 0 Å². The van der Waals surface area contributed by atoms with Crippen molar-refractivity contribution in [1.82, 2.24) is 0 Å². The average molecular weight is 276 g/mol. The molecule has 0 amide bonds. The Bertz CT molecular complexity index is 505. The molecular formula is C18H28O2. The van der Waals surface area contributed by atoms with Crippen LogP contribution in [0.3, 0.4) is 0 Å². The lowest BCUT2D eigenvalue weighted by Gasteiger charge is -2.33. The Morgan fingerprint density at radius 2 is 1.60 bits per heavy atom. The molecular weight excluding hydrogens is 248 g/mol. The maximum absolute atomic E-state index is 11.6. The van der Waals surface area contributed by atoms with Crippen molar-refractivity contribution in [3.63, 3.8) is 0 Å². The van der Waals surface area contributed by atoms with Crippen molar-refractivity contribution in [1.29, 1.82) is 0 Å². The summed E-state index contributed by atoms with van der Waals surface area (Å²) in [5.74, 6) is 0.979. The summed E-state index contributed by atoms with van der Waals surface area (Å²) in [6.45, 7) is 16.4. The van der Waals surface area contributed by atoms with Crippen LogP contribution in [0.15, 0.2) is 12.1 Å². The monoisotopic (exact) mass is 276 g/mol. The zero-order chi connectivity index (χ0) is 15.7. The predicted molar refractivity (Wildman–Crippen MR) is 84.7 cm³/mol. The van der Waals surface area contributed by atoms with Crippen molar-refractivity contribution >= 4 is 5.78 Å². The molecule has 0 aliphatic carbocycles. The minimum atomic E-state index is -0.229. The Morgan fingerprint density at radius 3 is 2.05 bits per heavy atom. The van der Waals surface area contributed by atoms with Crippen LogP contribution >= 0.6 is 0 Å². The maximum Gasteiger partial charge on any atom is 0.160 e. The Morgan fingerprint density at radius 1 is 1.05 bits per heavy atom. The van der Waals surface area contributed by atoms with E-state index in [2.05, 4.69) is 34.6 Å². The van der Waals surface area contributed by atoms with Crippen LogP contribution in [0.25, 0.3) is 0 Å². The summed E-state index contributed by atoms with van der Waals surface area (Å²) in [5, 5.41) is 0. The number of aryl methyl sites for hydroxylation is 2. The molecule has 0 N–H and O–H groups in total. The molecule has 0 atom stereocenters. The predicted octanol–water partition coefficient (Wildman–Crippen LogP) is 5.10. The highest BCUT2D eigenvalue weighted by Gasteiger charge is 2.28. The molecule has 0 fully saturated rings. The number of carbonyl (C=O) groups is 1. The van der Waals surface area contributed by atoms with Gasteiger partial charge in [0.2, 0.25) is 0 Å². The largest absolute Gasteiger partial charge is 0.488 e. The molecule has 0 unspecified atom stereocenters. The summed E-state index contributed by atoms with van der Waals surface area (Å²) < 4.78 is 6.21. The van der Waals surface area contributed by atoms with E-state index in [0.29, 0.717) is 0 Å². The normalized spacial score (nSPS) is 12.4. The first kappa shape index (κ1) is 16.7. The Labute approximate surface area is 123 Å². The highest BCUT2D eigenvalue weighted by atomic mass is 16.5. The molecule has 0 aliphatic rings. The van der Waals surface area contributed by atoms with E-state index in [1.165, 1.54) is 0 Å². The van der Waals surface area contributed by atoms with E-state index >= 15 is 0 Å². The van der Waals surface area contributed by atoms with Gasteiger partial charge in [-0.3, -0.25) is 4.79 Å². The van der Waals surface area contributed by atoms with Crippen LogP contribution in [0.2, 0.25) is 0 Å². The fourth-order valence-corrected chi connectivity index (χ4v) is 2.89. The fourth-order valence-electron chi connectivity index (χ4n) is 2.89. The number of rotatable bonds is 4. The van der Waals surface area contributed by atoms with E-state index in [0.717, 1.165) is 28.9 Å². The zero-order valence-electron chi connectivity index (χ0n) is 14.2. The molecule has 0 saturated carbocycles. The molecule has 0 radical (unpaired) electrons. The lowest BCUT2D eigenvalue weighted by Crippen LogP contribution is -2.33. The van der Waals surface area contributed by atoms with E-state index in [-0.39, 0.29) is 16.8 Å². The summed E-state index contributed by atoms with van der Waals surface area (Å²) in [4.78, 5) is 11.6. The van der Waals surface area contributed by atoms with Crippen LogP contribution in [0.5, 0.6) is 5.75 Å². The molecule has 0 aliphatic heterocycles. The number of carbonyl (C=O) groups excluding carboxylic acids is 1. The van der Waals surface area contributed by atoms with Crippen molar-refractivity contribution in [3.8, 4) is 5.75 Å². The van der Waals surface area contributed by atoms with Crippen molar-refractivity contribution in [3.05, 3.63) is 28.8 Å². The van der Waals surface area contributed by atoms with Crippen molar-refractivity contribution in [2.24, 2.45) is 5.41 Å². The van der Waals surface area contributed by atoms with Gasteiger partial charge in [0.25, 0.3) is 0 Å². The summed E-state index contributed by atoms with van der Waals surface area (Å²) in [6, 6.07) is 3.91. The quantitative estimate of drug-likeness (QED) is 0.715. The van der Waals surface area contributed by atoms with Gasteiger partial charge < -0.3 is 4.74 Å². The lowest BCUT2D eigenvalue weighted by atomic mass is 9.83. The third-order valence-corrected chi connectivity index (χ3v) is 3.24. The first-order valence-corrected chi connectivity index (χ1v) is 7.22. The van der Waals surface area contributed by atoms with Gasteiger partial charge in [0.15, 0.2) is 5.78 Å². The second-order valence-electron chi connectivity index (χ2n) is 7.59. The second kappa shape index (κ2) is 5.59. The minimum Gasteiger partial charge on any atom is -0.488 e. The van der Waals surface area contributed by atoms with Gasteiger partial charge >= 0.3 is 0 Å². The van der Waals surface area contributed by atoms with E-state index in [9.17, 15) is 4.79 Å². The third kappa shape index (κ3) is 4.66. The molecule has 1 rings (SSSR count). The Hall–Kier alpha value is -1.31. The zero-order valence-corrected chi connectivity index (χ0v) is 14.2. The SMILES string of the molecule is CC(=O)c1cc(C)c(OC(C)(C)CC(C)(C)C)cc1C. The summed E-state index contributed by atoms with van der Waals surface area (Å²) in [7, 11) is 0. The molecule has 0 saturated heterocycles. The number of benzene rings is 1. The second-order valence-corrected chi connectivity index (χ2v) is 7.59. The third-order valence-electron chi connectivity index (χ3n) is 3.24. The molecule has 0 spiro atoms. The molecule has 0 heterocycles. The highest BCUT2D eigenvalue weighted by molar-refractivity contribution is 5.95. The fraction of sp³-hybridized carbons (Fsp3) is 0.611. The van der Waals surface area contributed by atoms with Gasteiger partial charge in [0.05, 0.1) is 0 Å². The average Bonchev–Trinajstić information content (AvgIpc) is 2.18. The van der Waals surface area contributed by atoms with Crippen LogP contribution in [-0.4, -0.2) is 11.4 Å². The highest BCUT2D eigenvalue weighted by Crippen LogP contribution is 2.33. The van der Waals surface area contributed by atoms with E-state index in [1.807, 2.05) is 26.0 Å². The molecule has 112 valence electrons. The van der Waals surface area contributed by atoms with Crippen LogP contribution in [0.4, 0.5) is 0 Å². The van der Waals surface area contributed by atoms with Gasteiger partial charge in [0, 0.05) is 5.56 Å². The van der Waals surface area contributed by atoms with E-state index in [4.69, 9.17) is 4.74 Å². The van der Waals surface area contributed by atoms with E-state index < -0.39 is 0 Å². The first-order chi connectivity index (χ1) is 8.91. The van der Waals surface area contributed by atoms with Gasteiger partial charge in [-0.05, 0) is 69.7 Å². The van der Waals surface area contributed by atoms with Gasteiger partial charge in [-0.25, -0.2) is 0 Å². The van der Waals surface area contributed by atoms with Crippen molar-refractivity contribution < 1.29 is 9.53 Å². The lowest BCUT2D eigenvalue weighted by molar-refractivity contribution is 0.0614. The molecule has 1 aromatic carbocycles. The van der Waals surface area contributed by atoms with Gasteiger partial charge in [-0.1, -0.05) is 20.8 Å². The number of ether oxygens (including phenoxy) is 1. The number of ketones is 1. The van der Waals surface area contributed by atoms with Crippen molar-refractivity contribution in [2.45, 2.75) is 67.4 Å². The molecule has 2 nitrogen and oxygen atoms in total. The minimum absolute atomic E-state index is 0.103. The molecule has 0 bridgehead atoms. The van der Waals surface area contributed by atoms with Crippen LogP contribution in [0, 0.1) is 19.3 Å². The standard InChI is InChI=1S/C18H28O2/c1-12-10-16(13(2)9-15(12)14(3)19)20-18(7,8)11-17(4,5)6/h9-10H,11H2,1-8H3. The molecule has 2 heteroatoms. The molecule has 1 aromatic rings. The van der Waals surface area contributed by atoms with Crippen LogP contribution in [0.1, 0.15) is 69.4 Å². The van der Waals surface area contributed by atoms with Crippen LogP contribution in [-0.2, 0) is 0 Å². The molecule has 0 aromatic heterocycles. The van der Waals surface area contributed by atoms with Crippen molar-refractivity contribution in [2.75, 3.05) is 0 Å². The van der Waals surface area contributed by atoms with Gasteiger partial charge in [0.1, 0.15) is 11.4 Å². The van der Waals surface area contributed by atoms with E-state index in [1.54, 1.807) is 6.92 Å². The number of hydrogen-bond acceptors (Lipinski definition) is 2. The van der Waals surface area contributed by atoms with Gasteiger partial charge in [-0.2, -0.15) is 0 Å². The Balaban J connectivity index is 3.04. The summed E-state index contributed by atoms with van der Waals surface area (Å²) in [6.07, 6.45) is 0.965. The number of Topliss-reactive ketones (excluding diaryl/α,β-unsaturated/α-hetero) is 1. The summed E-state index contributed by atoms with van der Waals surface area (Å²) in [5.41, 5.74) is 2.76. The summed E-state index contributed by atoms with van der Waals surface area (Å²) >= 11 is 0. The topological polar surface area (TPSA) is 26.3 Å². The number of hydrogen-bond donors (Lipinski definition) is 0. The molecule has 20 heavy (non-hydrogen) atoms. The van der Waals surface area contributed by atoms with Crippen LogP contribution < -0.4 is 4.74 Å². The Kier molecular flexibility index (Phi) is 4.68. The smallest absolute Gasteiger partial charge is 0.160 e. The maximum atomic E-state index is 11.6. The first-order valence-electron chi connectivity index (χ1n) is 7.22.